The number of carbonyl (C=O) groups is 1. The molecule has 0 bridgehead atoms. The van der Waals surface area contributed by atoms with E-state index < -0.39 is 61.1 Å². The van der Waals surface area contributed by atoms with Gasteiger partial charge < -0.3 is 24.9 Å². The van der Waals surface area contributed by atoms with Gasteiger partial charge in [-0.15, -0.1) is 0 Å². The van der Waals surface area contributed by atoms with Crippen molar-refractivity contribution in [1.82, 2.24) is 14.9 Å². The molecule has 0 unspecified atom stereocenters. The first-order chi connectivity index (χ1) is 20.9. The summed E-state index contributed by atoms with van der Waals surface area (Å²) < 4.78 is 72.7. The molecule has 2 aromatic carbocycles. The summed E-state index contributed by atoms with van der Waals surface area (Å²) in [6, 6.07) is 9.10. The molecule has 44 heavy (non-hydrogen) atoms. The van der Waals surface area contributed by atoms with E-state index in [0.717, 1.165) is 18.2 Å². The van der Waals surface area contributed by atoms with Crippen LogP contribution >= 0.6 is 0 Å². The second-order valence-electron chi connectivity index (χ2n) is 10.5. The number of nitro groups is 1. The number of sulfone groups is 1. The third-order valence-corrected chi connectivity index (χ3v) is 9.28. The molecule has 2 fully saturated rings. The number of halogens is 2. The molecule has 6 rings (SSSR count). The van der Waals surface area contributed by atoms with E-state index in [-0.39, 0.29) is 35.5 Å². The molecule has 2 aliphatic heterocycles. The molecule has 16 heteroatoms. The normalized spacial score (nSPS) is 18.6. The monoisotopic (exact) mass is 629 g/mol. The average Bonchev–Trinajstić information content (AvgIpc) is 3.53. The maximum Gasteiger partial charge on any atom is 0.312 e. The number of alkyl halides is 2. The minimum atomic E-state index is -4.55. The molecular formula is C28H25F2N5O8S. The number of hydrogen-bond donors (Lipinski definition) is 2. The molecule has 0 saturated carbocycles. The highest BCUT2D eigenvalue weighted by Crippen LogP contribution is 2.40. The number of nitrogens with one attached hydrogen (secondary N) is 1. The fourth-order valence-electron chi connectivity index (χ4n) is 5.28. The van der Waals surface area contributed by atoms with Gasteiger partial charge in [-0.1, -0.05) is 6.07 Å². The largest absolute Gasteiger partial charge is 0.485 e. The summed E-state index contributed by atoms with van der Waals surface area (Å²) in [7, 11) is -4.55. The summed E-state index contributed by atoms with van der Waals surface area (Å²) in [5, 5.41) is 12.6. The van der Waals surface area contributed by atoms with Gasteiger partial charge in [-0.25, -0.2) is 22.2 Å². The van der Waals surface area contributed by atoms with Crippen molar-refractivity contribution in [2.75, 3.05) is 26.4 Å². The number of H-pyrrole nitrogens is 1. The molecule has 0 aliphatic carbocycles. The van der Waals surface area contributed by atoms with Gasteiger partial charge in [0.15, 0.2) is 11.5 Å². The number of fused-ring (bicyclic) bond motifs is 1. The van der Waals surface area contributed by atoms with Crippen molar-refractivity contribution < 1.29 is 41.1 Å². The second-order valence-corrected chi connectivity index (χ2v) is 12.4. The highest BCUT2D eigenvalue weighted by molar-refractivity contribution is 7.91. The third-order valence-electron chi connectivity index (χ3n) is 7.50. The predicted octanol–water partition coefficient (Wildman–Crippen LogP) is 3.68. The Labute approximate surface area is 248 Å². The van der Waals surface area contributed by atoms with Gasteiger partial charge in [0.25, 0.3) is 11.8 Å². The first-order valence-corrected chi connectivity index (χ1v) is 14.8. The first-order valence-electron chi connectivity index (χ1n) is 13.3. The molecule has 4 heterocycles. The zero-order chi connectivity index (χ0) is 31.2. The number of likely N-dealkylation sites (tertiary alicyclic amines) is 1. The summed E-state index contributed by atoms with van der Waals surface area (Å²) in [5.41, 5.74) is 5.14. The number of ether oxygens (including phenoxy) is 3. The smallest absolute Gasteiger partial charge is 0.312 e. The van der Waals surface area contributed by atoms with E-state index >= 15 is 0 Å². The highest BCUT2D eigenvalue weighted by Gasteiger charge is 2.49. The number of carbonyl (C=O) groups excluding carboxylic acids is 1. The number of para-hydroxylation sites is 1. The topological polar surface area (TPSA) is 180 Å². The van der Waals surface area contributed by atoms with E-state index in [2.05, 4.69) is 9.97 Å². The predicted molar refractivity (Wildman–Crippen MR) is 150 cm³/mol. The Morgan fingerprint density at radius 2 is 2.02 bits per heavy atom. The van der Waals surface area contributed by atoms with Crippen molar-refractivity contribution in [3.63, 3.8) is 0 Å². The molecule has 1 atom stereocenters. The van der Waals surface area contributed by atoms with E-state index in [4.69, 9.17) is 19.9 Å². The molecule has 1 amide bonds. The highest BCUT2D eigenvalue weighted by atomic mass is 32.2. The Balaban J connectivity index is 1.32. The molecule has 0 radical (unpaired) electrons. The fourth-order valence-corrected chi connectivity index (χ4v) is 6.70. The van der Waals surface area contributed by atoms with Crippen LogP contribution in [0.2, 0.25) is 0 Å². The maximum absolute atomic E-state index is 14.2. The van der Waals surface area contributed by atoms with Gasteiger partial charge in [0.05, 0.1) is 53.4 Å². The number of aromatic nitrogens is 2. The van der Waals surface area contributed by atoms with Crippen LogP contribution in [0.5, 0.6) is 17.2 Å². The molecule has 13 nitrogen and oxygen atoms in total. The lowest BCUT2D eigenvalue weighted by molar-refractivity contribution is -0.386. The van der Waals surface area contributed by atoms with Crippen LogP contribution in [0.4, 0.5) is 14.5 Å². The van der Waals surface area contributed by atoms with Crippen LogP contribution in [0, 0.1) is 10.1 Å². The lowest BCUT2D eigenvalue weighted by Gasteiger charge is -2.37. The van der Waals surface area contributed by atoms with Gasteiger partial charge in [0.1, 0.15) is 22.9 Å². The van der Waals surface area contributed by atoms with Crippen molar-refractivity contribution in [1.29, 1.82) is 0 Å². The van der Waals surface area contributed by atoms with Crippen LogP contribution in [-0.2, 0) is 14.6 Å². The number of amides is 1. The molecule has 2 aliphatic rings. The quantitative estimate of drug-likeness (QED) is 0.194. The number of pyridine rings is 1. The standard InChI is InChI=1S/C28H25F2N5O8S/c29-28(30)10-17(34(15-28)18-12-41-13-18)14-42-23-5-4-20(9-22(23)35(37)38)44(39,40)24-3-1-2-21(26(31)36)25(24)43-19-8-16-6-7-32-27(16)33-11-19/h1-9,11,17-18H,10,12-15H2,(H2,31,36)(H,32,33)/t17-/m0/s1. The summed E-state index contributed by atoms with van der Waals surface area (Å²) in [6.07, 6.45) is 2.48. The number of rotatable bonds is 10. The zero-order valence-corrected chi connectivity index (χ0v) is 23.6. The Morgan fingerprint density at radius 3 is 2.73 bits per heavy atom. The number of nitrogens with two attached hydrogens (primary N) is 1. The minimum absolute atomic E-state index is 0.108. The summed E-state index contributed by atoms with van der Waals surface area (Å²) in [5.74, 6) is -4.49. The van der Waals surface area contributed by atoms with Crippen LogP contribution in [-0.4, -0.2) is 78.5 Å². The van der Waals surface area contributed by atoms with Crippen molar-refractivity contribution in [2.45, 2.75) is 34.2 Å². The Morgan fingerprint density at radius 1 is 1.23 bits per heavy atom. The lowest BCUT2D eigenvalue weighted by Crippen LogP contribution is -2.52. The van der Waals surface area contributed by atoms with Gasteiger partial charge in [-0.2, -0.15) is 0 Å². The van der Waals surface area contributed by atoms with Crippen LogP contribution in [0.15, 0.2) is 70.7 Å². The Kier molecular flexibility index (Phi) is 7.43. The van der Waals surface area contributed by atoms with Gasteiger partial charge >= 0.3 is 5.69 Å². The van der Waals surface area contributed by atoms with Gasteiger partial charge in [0, 0.05) is 24.1 Å². The summed E-state index contributed by atoms with van der Waals surface area (Å²) in [4.78, 5) is 31.1. The van der Waals surface area contributed by atoms with E-state index in [9.17, 15) is 32.1 Å². The van der Waals surface area contributed by atoms with E-state index in [0.29, 0.717) is 24.2 Å². The molecule has 2 saturated heterocycles. The number of nitro benzene ring substituents is 1. The van der Waals surface area contributed by atoms with Gasteiger partial charge in [-0.05, 0) is 36.4 Å². The van der Waals surface area contributed by atoms with Crippen LogP contribution < -0.4 is 15.2 Å². The van der Waals surface area contributed by atoms with Crippen molar-refractivity contribution >= 4 is 32.5 Å². The van der Waals surface area contributed by atoms with Crippen LogP contribution in [0.25, 0.3) is 11.0 Å². The number of aromatic amines is 1. The number of benzene rings is 2. The third kappa shape index (κ3) is 5.54. The second kappa shape index (κ2) is 11.1. The van der Waals surface area contributed by atoms with Crippen molar-refractivity contribution in [3.8, 4) is 17.2 Å². The van der Waals surface area contributed by atoms with Gasteiger partial charge in [-0.3, -0.25) is 19.8 Å². The molecule has 4 aromatic rings. The average molecular weight is 630 g/mol. The van der Waals surface area contributed by atoms with E-state index in [1.807, 2.05) is 0 Å². The Hall–Kier alpha value is -4.67. The molecule has 230 valence electrons. The number of hydrogen-bond acceptors (Lipinski definition) is 10. The fraction of sp³-hybridized carbons (Fsp3) is 0.286. The van der Waals surface area contributed by atoms with Crippen molar-refractivity contribution in [2.24, 2.45) is 5.73 Å². The lowest BCUT2D eigenvalue weighted by atomic mass is 10.1. The van der Waals surface area contributed by atoms with E-state index in [1.54, 1.807) is 23.2 Å². The summed E-state index contributed by atoms with van der Waals surface area (Å²) >= 11 is 0. The zero-order valence-electron chi connectivity index (χ0n) is 22.8. The first kappa shape index (κ1) is 29.4. The number of nitrogens with zero attached hydrogens (tertiary/aromatic N) is 3. The van der Waals surface area contributed by atoms with Crippen LogP contribution in [0.3, 0.4) is 0 Å². The van der Waals surface area contributed by atoms with Crippen LogP contribution in [0.1, 0.15) is 16.8 Å². The SMILES string of the molecule is NC(=O)c1cccc(S(=O)(=O)c2ccc(OC[C@@H]3CC(F)(F)CN3C3COC3)c([N+](=O)[O-])c2)c1Oc1cnc2[nH]ccc2c1. The molecule has 3 N–H and O–H groups in total. The molecular weight excluding hydrogens is 604 g/mol. The van der Waals surface area contributed by atoms with Gasteiger partial charge in [0.2, 0.25) is 9.84 Å². The molecule has 2 aromatic heterocycles. The number of primary amides is 1. The summed E-state index contributed by atoms with van der Waals surface area (Å²) in [6.45, 7) is -0.145. The maximum atomic E-state index is 14.2. The molecule has 0 spiro atoms. The van der Waals surface area contributed by atoms with E-state index in [1.165, 1.54) is 24.4 Å². The van der Waals surface area contributed by atoms with Crippen molar-refractivity contribution in [3.05, 3.63) is 76.6 Å². The minimum Gasteiger partial charge on any atom is -0.485 e. The Bertz CT molecular complexity index is 1880.